The molecule has 82 valence electrons. The number of carboxylic acids is 1. The number of nitrogens with zero attached hydrogens (tertiary/aromatic N) is 1. The molecule has 1 aliphatic heterocycles. The quantitative estimate of drug-likeness (QED) is 0.648. The van der Waals surface area contributed by atoms with E-state index >= 15 is 0 Å². The number of urea groups is 1. The van der Waals surface area contributed by atoms with E-state index in [2.05, 4.69) is 15.9 Å². The lowest BCUT2D eigenvalue weighted by Crippen LogP contribution is -2.43. The van der Waals surface area contributed by atoms with Crippen LogP contribution in [0, 0.1) is 0 Å². The Morgan fingerprint density at radius 1 is 1.43 bits per heavy atom. The number of carbonyl (C=O) groups is 2. The molecule has 14 heavy (non-hydrogen) atoms. The largest absolute Gasteiger partial charge is 0.481 e. The van der Waals surface area contributed by atoms with Crippen molar-refractivity contribution in [3.63, 3.8) is 0 Å². The monoisotopic (exact) mass is 268 g/mol. The number of amides is 2. The summed E-state index contributed by atoms with van der Waals surface area (Å²) >= 11 is 2.71. The smallest absolute Gasteiger partial charge is 0.314 e. The van der Waals surface area contributed by atoms with Gasteiger partial charge in [-0.25, -0.2) is 4.79 Å². The van der Waals surface area contributed by atoms with E-state index in [1.54, 1.807) is 4.90 Å². The van der Waals surface area contributed by atoms with Crippen LogP contribution in [0.25, 0.3) is 0 Å². The van der Waals surface area contributed by atoms with E-state index in [1.165, 1.54) is 0 Å². The van der Waals surface area contributed by atoms with Gasteiger partial charge in [0.1, 0.15) is 5.33 Å². The van der Waals surface area contributed by atoms with Gasteiger partial charge in [0.2, 0.25) is 0 Å². The second-order valence-corrected chi connectivity index (χ2v) is 3.03. The van der Waals surface area contributed by atoms with Crippen molar-refractivity contribution in [2.75, 3.05) is 31.6 Å². The Labute approximate surface area is 90.1 Å². The van der Waals surface area contributed by atoms with Gasteiger partial charge in [-0.3, -0.25) is 4.79 Å². The summed E-state index contributed by atoms with van der Waals surface area (Å²) in [6.07, 6.45) is 0. The van der Waals surface area contributed by atoms with Crippen LogP contribution in [0.5, 0.6) is 0 Å². The molecule has 0 aromatic rings. The highest BCUT2D eigenvalue weighted by molar-refractivity contribution is 9.09. The predicted molar refractivity (Wildman–Crippen MR) is 53.4 cm³/mol. The molecule has 0 aromatic carbocycles. The molecular weight excluding hydrogens is 256 g/mol. The lowest BCUT2D eigenvalue weighted by molar-refractivity contribution is -0.133. The van der Waals surface area contributed by atoms with Gasteiger partial charge < -0.3 is 20.5 Å². The van der Waals surface area contributed by atoms with Crippen LogP contribution in [-0.2, 0) is 9.53 Å². The fraction of sp³-hybridized carbons (Fsp3) is 0.714. The first-order valence-electron chi connectivity index (χ1n) is 3.97. The molecule has 0 aliphatic carbocycles. The molecule has 0 spiro atoms. The molecular formula is C7H13BrN2O4. The molecule has 0 radical (unpaired) electrons. The number of morpholine rings is 1. The fourth-order valence-electron chi connectivity index (χ4n) is 0.784. The summed E-state index contributed by atoms with van der Waals surface area (Å²) in [7, 11) is 0. The van der Waals surface area contributed by atoms with E-state index in [9.17, 15) is 9.59 Å². The first kappa shape index (κ1) is 13.2. The van der Waals surface area contributed by atoms with Gasteiger partial charge >= 0.3 is 12.0 Å². The maximum Gasteiger partial charge on any atom is 0.314 e. The molecule has 0 unspecified atom stereocenters. The highest BCUT2D eigenvalue weighted by Gasteiger charge is 2.12. The molecule has 3 N–H and O–H groups in total. The number of halogens is 1. The van der Waals surface area contributed by atoms with Crippen molar-refractivity contribution in [1.82, 2.24) is 4.90 Å². The Balaban J connectivity index is 0.000000292. The zero-order valence-corrected chi connectivity index (χ0v) is 9.20. The number of aliphatic carboxylic acids is 1. The van der Waals surface area contributed by atoms with Gasteiger partial charge in [0, 0.05) is 13.1 Å². The van der Waals surface area contributed by atoms with E-state index < -0.39 is 5.97 Å². The Bertz CT molecular complexity index is 194. The number of carboxylic acid groups (broad SMARTS) is 1. The molecule has 2 amide bonds. The average molecular weight is 269 g/mol. The average Bonchev–Trinajstić information content (AvgIpc) is 2.20. The van der Waals surface area contributed by atoms with E-state index in [0.29, 0.717) is 26.3 Å². The van der Waals surface area contributed by atoms with Gasteiger partial charge in [-0.1, -0.05) is 15.9 Å². The third-order valence-electron chi connectivity index (χ3n) is 1.44. The summed E-state index contributed by atoms with van der Waals surface area (Å²) < 4.78 is 5.00. The number of alkyl halides is 1. The number of carbonyl (C=O) groups excluding carboxylic acids is 1. The minimum absolute atomic E-state index is 0.0347. The Morgan fingerprint density at radius 2 is 1.86 bits per heavy atom. The van der Waals surface area contributed by atoms with Crippen molar-refractivity contribution in [2.45, 2.75) is 0 Å². The Morgan fingerprint density at radius 3 is 2.07 bits per heavy atom. The van der Waals surface area contributed by atoms with Crippen LogP contribution in [-0.4, -0.2) is 53.6 Å². The lowest BCUT2D eigenvalue weighted by atomic mass is 10.4. The molecule has 1 saturated heterocycles. The van der Waals surface area contributed by atoms with Gasteiger partial charge in [-0.15, -0.1) is 0 Å². The molecule has 0 bridgehead atoms. The zero-order valence-electron chi connectivity index (χ0n) is 7.61. The standard InChI is InChI=1S/C5H10N2O2.C2H3BrO2/c6-5(8)7-1-3-9-4-2-7;3-1-2(4)5/h1-4H2,(H2,6,8);1H2,(H,4,5). The van der Waals surface area contributed by atoms with Gasteiger partial charge in [0.05, 0.1) is 13.2 Å². The number of hydrogen-bond donors (Lipinski definition) is 2. The highest BCUT2D eigenvalue weighted by Crippen LogP contribution is 1.94. The SMILES string of the molecule is NC(=O)N1CCOCC1.O=C(O)CBr. The normalized spacial score (nSPS) is 15.4. The third-order valence-corrected chi connectivity index (χ3v) is 1.92. The third kappa shape index (κ3) is 6.67. The molecule has 1 heterocycles. The minimum atomic E-state index is -0.829. The van der Waals surface area contributed by atoms with Crippen LogP contribution in [0.15, 0.2) is 0 Å². The summed E-state index contributed by atoms with van der Waals surface area (Å²) in [5.74, 6) is -0.829. The van der Waals surface area contributed by atoms with Gasteiger partial charge in [0.25, 0.3) is 0 Å². The second-order valence-electron chi connectivity index (χ2n) is 2.47. The molecule has 6 nitrogen and oxygen atoms in total. The maximum atomic E-state index is 10.4. The molecule has 7 heteroatoms. The summed E-state index contributed by atoms with van der Waals surface area (Å²) in [5, 5.41) is 7.71. The van der Waals surface area contributed by atoms with Crippen LogP contribution in [0.1, 0.15) is 0 Å². The first-order chi connectivity index (χ1) is 6.57. The first-order valence-corrected chi connectivity index (χ1v) is 5.10. The van der Waals surface area contributed by atoms with Gasteiger partial charge in [-0.05, 0) is 0 Å². The molecule has 0 atom stereocenters. The highest BCUT2D eigenvalue weighted by atomic mass is 79.9. The summed E-state index contributed by atoms with van der Waals surface area (Å²) in [6, 6.07) is -0.349. The van der Waals surface area contributed by atoms with Crippen molar-refractivity contribution in [3.05, 3.63) is 0 Å². The fourth-order valence-corrected chi connectivity index (χ4v) is 0.784. The molecule has 0 saturated carbocycles. The number of hydrogen-bond acceptors (Lipinski definition) is 3. The zero-order chi connectivity index (χ0) is 11.0. The minimum Gasteiger partial charge on any atom is -0.481 e. The van der Waals surface area contributed by atoms with Crippen molar-refractivity contribution >= 4 is 27.9 Å². The van der Waals surface area contributed by atoms with E-state index in [4.69, 9.17) is 15.6 Å². The maximum absolute atomic E-state index is 10.4. The van der Waals surface area contributed by atoms with E-state index in [0.717, 1.165) is 0 Å². The molecule has 1 fully saturated rings. The van der Waals surface area contributed by atoms with Crippen LogP contribution >= 0.6 is 15.9 Å². The summed E-state index contributed by atoms with van der Waals surface area (Å²) in [4.78, 5) is 21.3. The van der Waals surface area contributed by atoms with Gasteiger partial charge in [0.15, 0.2) is 0 Å². The number of ether oxygens (including phenoxy) is 1. The number of rotatable bonds is 1. The molecule has 1 rings (SSSR count). The lowest BCUT2D eigenvalue weighted by Gasteiger charge is -2.24. The second kappa shape index (κ2) is 7.57. The van der Waals surface area contributed by atoms with Crippen molar-refractivity contribution in [2.24, 2.45) is 5.73 Å². The molecule has 1 aliphatic rings. The Hall–Kier alpha value is -0.820. The van der Waals surface area contributed by atoms with Gasteiger partial charge in [-0.2, -0.15) is 0 Å². The van der Waals surface area contributed by atoms with Crippen molar-refractivity contribution in [1.29, 1.82) is 0 Å². The number of primary amides is 1. The number of nitrogens with two attached hydrogens (primary N) is 1. The predicted octanol–water partition coefficient (Wildman–Crippen LogP) is -0.137. The molecule has 0 aromatic heterocycles. The van der Waals surface area contributed by atoms with E-state index in [-0.39, 0.29) is 11.4 Å². The van der Waals surface area contributed by atoms with Crippen LogP contribution in [0.4, 0.5) is 4.79 Å². The summed E-state index contributed by atoms with van der Waals surface area (Å²) in [6.45, 7) is 2.50. The van der Waals surface area contributed by atoms with Crippen LogP contribution in [0.2, 0.25) is 0 Å². The van der Waals surface area contributed by atoms with Crippen molar-refractivity contribution in [3.8, 4) is 0 Å². The van der Waals surface area contributed by atoms with Crippen LogP contribution < -0.4 is 5.73 Å². The summed E-state index contributed by atoms with van der Waals surface area (Å²) in [5.41, 5.74) is 5.00. The topological polar surface area (TPSA) is 92.9 Å². The Kier molecular flexibility index (Phi) is 7.13. The van der Waals surface area contributed by atoms with Crippen molar-refractivity contribution < 1.29 is 19.4 Å². The van der Waals surface area contributed by atoms with E-state index in [1.807, 2.05) is 0 Å². The van der Waals surface area contributed by atoms with Crippen LogP contribution in [0.3, 0.4) is 0 Å².